The third kappa shape index (κ3) is 2.37. The number of fused-ring (bicyclic) bond motifs is 1. The third-order valence-electron chi connectivity index (χ3n) is 3.64. The van der Waals surface area contributed by atoms with Crippen molar-refractivity contribution in [1.29, 1.82) is 0 Å². The smallest absolute Gasteiger partial charge is 0.358 e. The van der Waals surface area contributed by atoms with Gasteiger partial charge in [0.25, 0.3) is 0 Å². The van der Waals surface area contributed by atoms with E-state index in [4.69, 9.17) is 0 Å². The Bertz CT molecular complexity index is 723. The van der Waals surface area contributed by atoms with E-state index in [0.29, 0.717) is 12.4 Å². The largest absolute Gasteiger partial charge is 0.381 e. The first kappa shape index (κ1) is 13.3. The summed E-state index contributed by atoms with van der Waals surface area (Å²) in [6.07, 6.45) is 2.14. The lowest BCUT2D eigenvalue weighted by Gasteiger charge is -2.17. The highest BCUT2D eigenvalue weighted by Gasteiger charge is 2.25. The number of hydrogen-bond donors (Lipinski definition) is 0. The van der Waals surface area contributed by atoms with Gasteiger partial charge in [0, 0.05) is 19.2 Å². The summed E-state index contributed by atoms with van der Waals surface area (Å²) < 4.78 is 1.52. The van der Waals surface area contributed by atoms with Gasteiger partial charge in [-0.05, 0) is 28.0 Å². The molecule has 0 atom stereocenters. The van der Waals surface area contributed by atoms with Crippen molar-refractivity contribution in [2.24, 2.45) is 0 Å². The van der Waals surface area contributed by atoms with Crippen molar-refractivity contribution >= 4 is 17.4 Å². The molecule has 1 amide bonds. The van der Waals surface area contributed by atoms with Gasteiger partial charge in [0.15, 0.2) is 0 Å². The summed E-state index contributed by atoms with van der Waals surface area (Å²) in [5.74, 6) is 0.139. The van der Waals surface area contributed by atoms with Gasteiger partial charge in [-0.1, -0.05) is 18.2 Å². The van der Waals surface area contributed by atoms with Gasteiger partial charge in [-0.3, -0.25) is 9.36 Å². The highest BCUT2D eigenvalue weighted by Crippen LogP contribution is 2.27. The fraction of sp³-hybridized carbons (Fsp3) is 0.286. The van der Waals surface area contributed by atoms with E-state index in [0.717, 1.165) is 17.7 Å². The molecule has 0 bridgehead atoms. The average Bonchev–Trinajstić information content (AvgIpc) is 3.03. The summed E-state index contributed by atoms with van der Waals surface area (Å²) in [4.78, 5) is 28.1. The van der Waals surface area contributed by atoms with Gasteiger partial charge in [0.1, 0.15) is 12.7 Å². The van der Waals surface area contributed by atoms with Crippen molar-refractivity contribution in [3.63, 3.8) is 0 Å². The van der Waals surface area contributed by atoms with Crippen molar-refractivity contribution in [1.82, 2.24) is 9.55 Å². The molecule has 0 spiro atoms. The maximum absolute atomic E-state index is 12.4. The Kier molecular flexibility index (Phi) is 3.17. The van der Waals surface area contributed by atoms with Gasteiger partial charge < -0.3 is 15.0 Å². The second-order valence-electron chi connectivity index (χ2n) is 4.96. The summed E-state index contributed by atoms with van der Waals surface area (Å²) in [6.45, 7) is 2.35. The van der Waals surface area contributed by atoms with E-state index >= 15 is 0 Å². The van der Waals surface area contributed by atoms with E-state index in [2.05, 4.69) is 4.98 Å². The molecule has 7 heteroatoms. The number of imidazole rings is 1. The van der Waals surface area contributed by atoms with Crippen molar-refractivity contribution in [2.75, 3.05) is 11.4 Å². The minimum absolute atomic E-state index is 0.0566. The molecule has 0 aliphatic carbocycles. The first-order valence-corrected chi connectivity index (χ1v) is 6.62. The fourth-order valence-electron chi connectivity index (χ4n) is 2.57. The Morgan fingerprint density at radius 1 is 1.43 bits per heavy atom. The van der Waals surface area contributed by atoms with E-state index in [9.17, 15) is 14.9 Å². The molecule has 0 saturated carbocycles. The number of rotatable bonds is 3. The Labute approximate surface area is 121 Å². The van der Waals surface area contributed by atoms with Crippen LogP contribution in [0.1, 0.15) is 11.4 Å². The lowest BCUT2D eigenvalue weighted by molar-refractivity contribution is -0.389. The zero-order valence-electron chi connectivity index (χ0n) is 11.5. The van der Waals surface area contributed by atoms with E-state index < -0.39 is 4.92 Å². The van der Waals surface area contributed by atoms with Crippen LogP contribution in [0.4, 0.5) is 11.5 Å². The molecule has 1 aliphatic heterocycles. The number of carbonyl (C=O) groups is 1. The van der Waals surface area contributed by atoms with Crippen LogP contribution in [0.3, 0.4) is 0 Å². The predicted molar refractivity (Wildman–Crippen MR) is 76.1 cm³/mol. The molecule has 1 aliphatic rings. The zero-order chi connectivity index (χ0) is 15.0. The SMILES string of the molecule is Cc1nc([N+](=O)[O-])cn1CC(=O)N1CCc2ccccc21. The van der Waals surface area contributed by atoms with Crippen molar-refractivity contribution < 1.29 is 9.72 Å². The Balaban J connectivity index is 1.80. The minimum atomic E-state index is -0.556. The van der Waals surface area contributed by atoms with Gasteiger partial charge >= 0.3 is 5.82 Å². The molecule has 0 radical (unpaired) electrons. The van der Waals surface area contributed by atoms with Crippen LogP contribution in [0.5, 0.6) is 0 Å². The van der Waals surface area contributed by atoms with Crippen LogP contribution in [0.15, 0.2) is 30.5 Å². The number of nitro groups is 1. The summed E-state index contributed by atoms with van der Waals surface area (Å²) in [5.41, 5.74) is 2.08. The van der Waals surface area contributed by atoms with Gasteiger partial charge in [-0.2, -0.15) is 0 Å². The molecule has 2 aromatic rings. The minimum Gasteiger partial charge on any atom is -0.358 e. The van der Waals surface area contributed by atoms with E-state index in [-0.39, 0.29) is 18.3 Å². The quantitative estimate of drug-likeness (QED) is 0.635. The summed E-state index contributed by atoms with van der Waals surface area (Å²) in [6, 6.07) is 7.79. The number of hydrogen-bond acceptors (Lipinski definition) is 4. The summed E-state index contributed by atoms with van der Waals surface area (Å²) in [7, 11) is 0. The number of para-hydroxylation sites is 1. The van der Waals surface area contributed by atoms with Crippen LogP contribution >= 0.6 is 0 Å². The van der Waals surface area contributed by atoms with Crippen molar-refractivity contribution in [3.05, 3.63) is 52.0 Å². The van der Waals surface area contributed by atoms with Gasteiger partial charge in [-0.25, -0.2) is 0 Å². The molecule has 7 nitrogen and oxygen atoms in total. The van der Waals surface area contributed by atoms with Crippen LogP contribution in [-0.4, -0.2) is 26.9 Å². The number of benzene rings is 1. The van der Waals surface area contributed by atoms with Crippen LogP contribution in [-0.2, 0) is 17.8 Å². The molecule has 0 fully saturated rings. The highest BCUT2D eigenvalue weighted by atomic mass is 16.6. The molecule has 3 rings (SSSR count). The molecule has 0 unspecified atom stereocenters. The van der Waals surface area contributed by atoms with Gasteiger partial charge in [0.05, 0.1) is 0 Å². The number of anilines is 1. The van der Waals surface area contributed by atoms with Crippen LogP contribution < -0.4 is 4.90 Å². The second-order valence-corrected chi connectivity index (χ2v) is 4.96. The van der Waals surface area contributed by atoms with Crippen molar-refractivity contribution in [2.45, 2.75) is 19.9 Å². The van der Waals surface area contributed by atoms with Gasteiger partial charge in [0.2, 0.25) is 11.7 Å². The monoisotopic (exact) mass is 286 g/mol. The zero-order valence-corrected chi connectivity index (χ0v) is 11.5. The standard InChI is InChI=1S/C14H14N4O3/c1-10-15-13(18(20)21)8-16(10)9-14(19)17-7-6-11-4-2-3-5-12(11)17/h2-5,8H,6-7,9H2,1H3. The van der Waals surface area contributed by atoms with Crippen LogP contribution in [0.25, 0.3) is 0 Å². The Morgan fingerprint density at radius 2 is 2.19 bits per heavy atom. The maximum atomic E-state index is 12.4. The predicted octanol–water partition coefficient (Wildman–Crippen LogP) is 1.69. The van der Waals surface area contributed by atoms with Crippen LogP contribution in [0, 0.1) is 17.0 Å². The normalized spacial score (nSPS) is 13.3. The average molecular weight is 286 g/mol. The number of nitrogens with zero attached hydrogens (tertiary/aromatic N) is 4. The summed E-state index contributed by atoms with van der Waals surface area (Å²) in [5, 5.41) is 10.7. The van der Waals surface area contributed by atoms with Crippen molar-refractivity contribution in [3.8, 4) is 0 Å². The second kappa shape index (κ2) is 5.01. The van der Waals surface area contributed by atoms with Gasteiger partial charge in [-0.15, -0.1) is 0 Å². The topological polar surface area (TPSA) is 81.3 Å². The molecule has 1 aromatic heterocycles. The molecular weight excluding hydrogens is 272 g/mol. The maximum Gasteiger partial charge on any atom is 0.381 e. The molecule has 108 valence electrons. The third-order valence-corrected chi connectivity index (χ3v) is 3.64. The molecule has 0 N–H and O–H groups in total. The fourth-order valence-corrected chi connectivity index (χ4v) is 2.57. The first-order valence-electron chi connectivity index (χ1n) is 6.62. The van der Waals surface area contributed by atoms with Crippen LogP contribution in [0.2, 0.25) is 0 Å². The highest BCUT2D eigenvalue weighted by molar-refractivity contribution is 5.95. The lowest BCUT2D eigenvalue weighted by atomic mass is 10.2. The van der Waals surface area contributed by atoms with E-state index in [1.807, 2.05) is 24.3 Å². The molecule has 21 heavy (non-hydrogen) atoms. The number of carbonyl (C=O) groups excluding carboxylic acids is 1. The Morgan fingerprint density at radius 3 is 2.90 bits per heavy atom. The molecule has 2 heterocycles. The number of amides is 1. The first-order chi connectivity index (χ1) is 10.1. The number of aryl methyl sites for hydroxylation is 1. The molecule has 0 saturated heterocycles. The molecular formula is C14H14N4O3. The number of aromatic nitrogens is 2. The van der Waals surface area contributed by atoms with E-state index in [1.54, 1.807) is 11.8 Å². The lowest BCUT2D eigenvalue weighted by Crippen LogP contribution is -2.32. The van der Waals surface area contributed by atoms with E-state index in [1.165, 1.54) is 10.8 Å². The molecule has 1 aromatic carbocycles. The summed E-state index contributed by atoms with van der Waals surface area (Å²) >= 11 is 0. The Hall–Kier alpha value is -2.70.